The number of benzene rings is 2. The molecule has 0 bridgehead atoms. The second-order valence-corrected chi connectivity index (χ2v) is 8.20. The van der Waals surface area contributed by atoms with E-state index >= 15 is 0 Å². The van der Waals surface area contributed by atoms with Crippen LogP contribution < -0.4 is 10.6 Å². The predicted molar refractivity (Wildman–Crippen MR) is 120 cm³/mol. The maximum Gasteiger partial charge on any atom is 0.234 e. The van der Waals surface area contributed by atoms with Crippen LogP contribution in [0.2, 0.25) is 5.02 Å². The van der Waals surface area contributed by atoms with Crippen molar-refractivity contribution in [3.63, 3.8) is 0 Å². The fourth-order valence-electron chi connectivity index (χ4n) is 2.69. The molecule has 0 aliphatic heterocycles. The molecule has 1 heterocycles. The van der Waals surface area contributed by atoms with E-state index < -0.39 is 0 Å². The minimum absolute atomic E-state index is 0.0606. The van der Waals surface area contributed by atoms with Crippen molar-refractivity contribution < 1.29 is 9.59 Å². The Labute approximate surface area is 184 Å². The summed E-state index contributed by atoms with van der Waals surface area (Å²) in [4.78, 5) is 24.5. The lowest BCUT2D eigenvalue weighted by atomic mass is 10.2. The van der Waals surface area contributed by atoms with E-state index in [4.69, 9.17) is 11.6 Å². The van der Waals surface area contributed by atoms with Gasteiger partial charge in [0, 0.05) is 23.4 Å². The first-order valence-electron chi connectivity index (χ1n) is 9.25. The number of anilines is 2. The van der Waals surface area contributed by atoms with Crippen LogP contribution in [0, 0.1) is 13.8 Å². The van der Waals surface area contributed by atoms with Gasteiger partial charge in [-0.25, -0.2) is 0 Å². The van der Waals surface area contributed by atoms with Gasteiger partial charge in [0.2, 0.25) is 11.8 Å². The highest BCUT2D eigenvalue weighted by atomic mass is 35.5. The van der Waals surface area contributed by atoms with E-state index in [9.17, 15) is 9.59 Å². The smallest absolute Gasteiger partial charge is 0.234 e. The summed E-state index contributed by atoms with van der Waals surface area (Å²) in [5, 5.41) is 15.0. The Morgan fingerprint density at radius 3 is 2.50 bits per heavy atom. The topological polar surface area (TPSA) is 88.9 Å². The third-order valence-corrected chi connectivity index (χ3v) is 5.76. The Hall–Kier alpha value is -2.84. The van der Waals surface area contributed by atoms with Crippen LogP contribution in [-0.2, 0) is 23.1 Å². The zero-order chi connectivity index (χ0) is 21.7. The van der Waals surface area contributed by atoms with E-state index in [0.29, 0.717) is 21.7 Å². The van der Waals surface area contributed by atoms with Crippen LogP contribution in [0.5, 0.6) is 0 Å². The van der Waals surface area contributed by atoms with Crippen LogP contribution in [0.4, 0.5) is 11.4 Å². The summed E-state index contributed by atoms with van der Waals surface area (Å²) in [6.45, 7) is 3.86. The van der Waals surface area contributed by atoms with E-state index in [-0.39, 0.29) is 24.0 Å². The summed E-state index contributed by atoms with van der Waals surface area (Å²) in [5.41, 5.74) is 3.40. The predicted octanol–water partition coefficient (Wildman–Crippen LogP) is 4.00. The molecule has 30 heavy (non-hydrogen) atoms. The van der Waals surface area contributed by atoms with Crippen molar-refractivity contribution in [2.75, 3.05) is 16.4 Å². The van der Waals surface area contributed by atoms with Crippen LogP contribution in [0.1, 0.15) is 17.0 Å². The number of carbonyl (C=O) groups excluding carboxylic acids is 2. The molecule has 7 nitrogen and oxygen atoms in total. The highest BCUT2D eigenvalue weighted by Gasteiger charge is 2.15. The van der Waals surface area contributed by atoms with Gasteiger partial charge in [0.25, 0.3) is 0 Å². The molecule has 2 amide bonds. The molecule has 0 atom stereocenters. The highest BCUT2D eigenvalue weighted by Crippen LogP contribution is 2.21. The zero-order valence-electron chi connectivity index (χ0n) is 16.9. The van der Waals surface area contributed by atoms with Gasteiger partial charge in [-0.1, -0.05) is 41.6 Å². The van der Waals surface area contributed by atoms with Crippen molar-refractivity contribution in [3.05, 3.63) is 64.4 Å². The van der Waals surface area contributed by atoms with Gasteiger partial charge in [0.1, 0.15) is 5.82 Å². The fraction of sp³-hybridized carbons (Fsp3) is 0.238. The lowest BCUT2D eigenvalue weighted by molar-refractivity contribution is -0.116. The first-order valence-corrected chi connectivity index (χ1v) is 10.6. The summed E-state index contributed by atoms with van der Waals surface area (Å²) in [6.07, 6.45) is 0.0606. The van der Waals surface area contributed by atoms with Gasteiger partial charge in [0.15, 0.2) is 5.16 Å². The average molecular weight is 444 g/mol. The standard InChI is InChI=1S/C21H22ClN5O2S/c1-13-5-4-6-15(9-13)24-20(29)12-30-21-26-25-18(27(21)3)11-19(28)23-16-8-7-14(2)17(22)10-16/h4-10H,11-12H2,1-3H3,(H,23,28)(H,24,29). The van der Waals surface area contributed by atoms with E-state index in [2.05, 4.69) is 20.8 Å². The number of halogens is 1. The normalized spacial score (nSPS) is 10.7. The summed E-state index contributed by atoms with van der Waals surface area (Å²) in [6, 6.07) is 13.0. The summed E-state index contributed by atoms with van der Waals surface area (Å²) >= 11 is 7.35. The highest BCUT2D eigenvalue weighted by molar-refractivity contribution is 7.99. The van der Waals surface area contributed by atoms with Crippen LogP contribution in [0.25, 0.3) is 0 Å². The van der Waals surface area contributed by atoms with Crippen molar-refractivity contribution in [2.45, 2.75) is 25.4 Å². The van der Waals surface area contributed by atoms with E-state index in [1.165, 1.54) is 11.8 Å². The number of carbonyl (C=O) groups is 2. The summed E-state index contributed by atoms with van der Waals surface area (Å²) in [5.74, 6) is 0.337. The second kappa shape index (κ2) is 9.77. The van der Waals surface area contributed by atoms with Gasteiger partial charge in [-0.2, -0.15) is 0 Å². The monoisotopic (exact) mass is 443 g/mol. The Kier molecular flexibility index (Phi) is 7.12. The van der Waals surface area contributed by atoms with E-state index in [1.54, 1.807) is 23.7 Å². The Morgan fingerprint density at radius 2 is 1.77 bits per heavy atom. The molecule has 0 spiro atoms. The van der Waals surface area contributed by atoms with Gasteiger partial charge >= 0.3 is 0 Å². The maximum absolute atomic E-state index is 12.3. The maximum atomic E-state index is 12.3. The molecule has 0 saturated carbocycles. The SMILES string of the molecule is Cc1cccc(NC(=O)CSc2nnc(CC(=O)Nc3ccc(C)c(Cl)c3)n2C)c1. The third-order valence-electron chi connectivity index (χ3n) is 4.33. The van der Waals surface area contributed by atoms with Gasteiger partial charge in [-0.15, -0.1) is 10.2 Å². The molecule has 1 aromatic heterocycles. The molecule has 0 fully saturated rings. The van der Waals surface area contributed by atoms with Gasteiger partial charge in [0.05, 0.1) is 12.2 Å². The molecule has 0 radical (unpaired) electrons. The van der Waals surface area contributed by atoms with Crippen molar-refractivity contribution >= 4 is 46.6 Å². The van der Waals surface area contributed by atoms with E-state index in [1.807, 2.05) is 44.2 Å². The summed E-state index contributed by atoms with van der Waals surface area (Å²) < 4.78 is 1.71. The number of amides is 2. The Balaban J connectivity index is 1.54. The van der Waals surface area contributed by atoms with Crippen LogP contribution >= 0.6 is 23.4 Å². The summed E-state index contributed by atoms with van der Waals surface area (Å²) in [7, 11) is 1.77. The van der Waals surface area contributed by atoms with Crippen molar-refractivity contribution in [1.29, 1.82) is 0 Å². The van der Waals surface area contributed by atoms with Gasteiger partial charge < -0.3 is 15.2 Å². The third kappa shape index (κ3) is 5.84. The molecule has 9 heteroatoms. The first kappa shape index (κ1) is 21.9. The molecule has 0 aliphatic rings. The lowest BCUT2D eigenvalue weighted by Crippen LogP contribution is -2.17. The zero-order valence-corrected chi connectivity index (χ0v) is 18.5. The molecular formula is C21H22ClN5O2S. The number of thioether (sulfide) groups is 1. The number of aromatic nitrogens is 3. The van der Waals surface area contributed by atoms with Gasteiger partial charge in [-0.05, 0) is 49.2 Å². The molecule has 0 aliphatic carbocycles. The first-order chi connectivity index (χ1) is 14.3. The molecule has 2 N–H and O–H groups in total. The Morgan fingerprint density at radius 1 is 1.03 bits per heavy atom. The molecule has 156 valence electrons. The minimum atomic E-state index is -0.223. The number of hydrogen-bond acceptors (Lipinski definition) is 5. The van der Waals surface area contributed by atoms with Crippen molar-refractivity contribution in [2.24, 2.45) is 7.05 Å². The number of rotatable bonds is 7. The fourth-order valence-corrected chi connectivity index (χ4v) is 3.60. The second-order valence-electron chi connectivity index (χ2n) is 6.85. The van der Waals surface area contributed by atoms with Gasteiger partial charge in [-0.3, -0.25) is 9.59 Å². The number of hydrogen-bond donors (Lipinski definition) is 2. The molecule has 0 saturated heterocycles. The number of nitrogens with zero attached hydrogens (tertiary/aromatic N) is 3. The number of nitrogens with one attached hydrogen (secondary N) is 2. The van der Waals surface area contributed by atoms with Crippen molar-refractivity contribution in [3.8, 4) is 0 Å². The van der Waals surface area contributed by atoms with Crippen LogP contribution in [-0.4, -0.2) is 32.3 Å². The largest absolute Gasteiger partial charge is 0.326 e. The quantitative estimate of drug-likeness (QED) is 0.539. The minimum Gasteiger partial charge on any atom is -0.326 e. The molecule has 3 rings (SSSR count). The number of aryl methyl sites for hydroxylation is 2. The molecule has 3 aromatic rings. The molecule has 2 aromatic carbocycles. The molecule has 0 unspecified atom stereocenters. The van der Waals surface area contributed by atoms with E-state index in [0.717, 1.165) is 16.8 Å². The van der Waals surface area contributed by atoms with Crippen molar-refractivity contribution in [1.82, 2.24) is 14.8 Å². The average Bonchev–Trinajstić information content (AvgIpc) is 3.02. The molecular weight excluding hydrogens is 422 g/mol. The van der Waals surface area contributed by atoms with Crippen LogP contribution in [0.3, 0.4) is 0 Å². The Bertz CT molecular complexity index is 1080. The van der Waals surface area contributed by atoms with Crippen LogP contribution in [0.15, 0.2) is 47.6 Å². The lowest BCUT2D eigenvalue weighted by Gasteiger charge is -2.08.